The molecule has 4 heteroatoms. The van der Waals surface area contributed by atoms with Gasteiger partial charge in [-0.15, -0.1) is 0 Å². The van der Waals surface area contributed by atoms with E-state index < -0.39 is 0 Å². The molecule has 0 amide bonds. The van der Waals surface area contributed by atoms with Crippen LogP contribution in [0.3, 0.4) is 0 Å². The van der Waals surface area contributed by atoms with Crippen LogP contribution in [0.25, 0.3) is 11.3 Å². The zero-order valence-corrected chi connectivity index (χ0v) is 11.4. The van der Waals surface area contributed by atoms with Gasteiger partial charge in [0.2, 0.25) is 0 Å². The first-order valence-electron chi connectivity index (χ1n) is 5.73. The lowest BCUT2D eigenvalue weighted by atomic mass is 10.1. The average molecular weight is 307 g/mol. The molecule has 1 aliphatic heterocycles. The molecule has 2 aromatic rings. The molecule has 1 aromatic heterocycles. The van der Waals surface area contributed by atoms with Gasteiger partial charge in [-0.3, -0.25) is 0 Å². The summed E-state index contributed by atoms with van der Waals surface area (Å²) in [6.45, 7) is 2.52. The predicted molar refractivity (Wildman–Crippen MR) is 72.1 cm³/mol. The number of ether oxygens (including phenoxy) is 1. The van der Waals surface area contributed by atoms with Crippen molar-refractivity contribution >= 4 is 15.9 Å². The molecule has 0 spiro atoms. The molecule has 0 radical (unpaired) electrons. The number of hydrogen-bond acceptors (Lipinski definition) is 3. The second kappa shape index (κ2) is 4.28. The fourth-order valence-corrected chi connectivity index (χ4v) is 2.80. The van der Waals surface area contributed by atoms with Crippen molar-refractivity contribution in [1.29, 1.82) is 0 Å². The minimum absolute atomic E-state index is 0.302. The molecule has 1 aromatic carbocycles. The zero-order valence-electron chi connectivity index (χ0n) is 9.83. The maximum absolute atomic E-state index is 11.9. The van der Waals surface area contributed by atoms with Crippen LogP contribution in [0.1, 0.15) is 11.1 Å². The third-order valence-corrected chi connectivity index (χ3v) is 3.82. The summed E-state index contributed by atoms with van der Waals surface area (Å²) in [6.07, 6.45) is 0.615. The van der Waals surface area contributed by atoms with E-state index in [-0.39, 0.29) is 5.63 Å². The fourth-order valence-electron chi connectivity index (χ4n) is 2.15. The smallest absolute Gasteiger partial charge is 0.343 e. The third-order valence-electron chi connectivity index (χ3n) is 3.10. The van der Waals surface area contributed by atoms with Gasteiger partial charge in [0.25, 0.3) is 0 Å². The van der Waals surface area contributed by atoms with E-state index in [4.69, 9.17) is 9.15 Å². The fraction of sp³-hybridized carbons (Fsp3) is 0.214. The van der Waals surface area contributed by atoms with E-state index in [0.717, 1.165) is 15.6 Å². The van der Waals surface area contributed by atoms with E-state index in [0.29, 0.717) is 30.1 Å². The molecule has 0 saturated heterocycles. The van der Waals surface area contributed by atoms with Gasteiger partial charge in [0.05, 0.1) is 12.2 Å². The predicted octanol–water partition coefficient (Wildman–Crippen LogP) is 3.31. The highest BCUT2D eigenvalue weighted by Gasteiger charge is 2.24. The molecule has 0 saturated carbocycles. The molecular formula is C14H11BrO3. The Morgan fingerprint density at radius 2 is 2.06 bits per heavy atom. The zero-order chi connectivity index (χ0) is 12.7. The van der Waals surface area contributed by atoms with Gasteiger partial charge in [-0.1, -0.05) is 24.3 Å². The number of rotatable bonds is 1. The number of hydrogen-bond donors (Lipinski definition) is 0. The summed E-state index contributed by atoms with van der Waals surface area (Å²) in [6, 6.07) is 7.78. The summed E-state index contributed by atoms with van der Waals surface area (Å²) in [5, 5.41) is 0. The van der Waals surface area contributed by atoms with Crippen LogP contribution >= 0.6 is 15.9 Å². The Balaban J connectivity index is 2.29. The summed E-state index contributed by atoms with van der Waals surface area (Å²) in [5.74, 6) is 1.17. The van der Waals surface area contributed by atoms with Gasteiger partial charge in [0.15, 0.2) is 5.76 Å². The van der Waals surface area contributed by atoms with Crippen molar-refractivity contribution in [3.8, 4) is 17.1 Å². The molecule has 0 unspecified atom stereocenters. The van der Waals surface area contributed by atoms with Crippen LogP contribution in [0.2, 0.25) is 0 Å². The van der Waals surface area contributed by atoms with Gasteiger partial charge in [-0.25, -0.2) is 4.79 Å². The lowest BCUT2D eigenvalue weighted by molar-refractivity contribution is 0.353. The second-order valence-corrected chi connectivity index (χ2v) is 5.05. The van der Waals surface area contributed by atoms with E-state index >= 15 is 0 Å². The molecule has 18 heavy (non-hydrogen) atoms. The highest BCUT2D eigenvalue weighted by Crippen LogP contribution is 2.39. The molecular weight excluding hydrogens is 296 g/mol. The Kier molecular flexibility index (Phi) is 2.74. The molecule has 92 valence electrons. The van der Waals surface area contributed by atoms with E-state index in [9.17, 15) is 4.79 Å². The van der Waals surface area contributed by atoms with Gasteiger partial charge < -0.3 is 9.15 Å². The SMILES string of the molecule is Cc1ccccc1-c1oc(=O)c2c(c1Br)OCC2. The van der Waals surface area contributed by atoms with Gasteiger partial charge in [0.1, 0.15) is 10.2 Å². The number of fused-ring (bicyclic) bond motifs is 1. The van der Waals surface area contributed by atoms with Gasteiger partial charge in [-0.05, 0) is 28.4 Å². The molecule has 0 atom stereocenters. The molecule has 3 rings (SSSR count). The quantitative estimate of drug-likeness (QED) is 0.811. The third kappa shape index (κ3) is 1.68. The Morgan fingerprint density at radius 3 is 2.83 bits per heavy atom. The number of halogens is 1. The van der Waals surface area contributed by atoms with Crippen LogP contribution in [0.4, 0.5) is 0 Å². The van der Waals surface area contributed by atoms with Crippen molar-refractivity contribution in [3.05, 3.63) is 50.3 Å². The normalized spacial score (nSPS) is 13.2. The Hall–Kier alpha value is -1.55. The lowest BCUT2D eigenvalue weighted by Gasteiger charge is -2.09. The van der Waals surface area contributed by atoms with Gasteiger partial charge in [-0.2, -0.15) is 0 Å². The number of aryl methyl sites for hydroxylation is 1. The van der Waals surface area contributed by atoms with E-state index in [1.807, 2.05) is 31.2 Å². The lowest BCUT2D eigenvalue weighted by Crippen LogP contribution is -2.06. The van der Waals surface area contributed by atoms with Crippen LogP contribution in [0.5, 0.6) is 5.75 Å². The van der Waals surface area contributed by atoms with Crippen molar-refractivity contribution in [2.45, 2.75) is 13.3 Å². The maximum Gasteiger partial charge on any atom is 0.343 e. The topological polar surface area (TPSA) is 39.4 Å². The first-order chi connectivity index (χ1) is 8.68. The van der Waals surface area contributed by atoms with Crippen molar-refractivity contribution in [1.82, 2.24) is 0 Å². The Labute approximate surface area is 113 Å². The minimum atomic E-state index is -0.302. The van der Waals surface area contributed by atoms with Crippen molar-refractivity contribution in [2.75, 3.05) is 6.61 Å². The Morgan fingerprint density at radius 1 is 1.28 bits per heavy atom. The van der Waals surface area contributed by atoms with E-state index in [1.165, 1.54) is 0 Å². The molecule has 0 aliphatic carbocycles. The summed E-state index contributed by atoms with van der Waals surface area (Å²) in [4.78, 5) is 11.9. The van der Waals surface area contributed by atoms with Crippen molar-refractivity contribution in [2.24, 2.45) is 0 Å². The highest BCUT2D eigenvalue weighted by atomic mass is 79.9. The van der Waals surface area contributed by atoms with E-state index in [2.05, 4.69) is 15.9 Å². The molecule has 0 N–H and O–H groups in total. The largest absolute Gasteiger partial charge is 0.491 e. The molecule has 2 heterocycles. The van der Waals surface area contributed by atoms with Crippen molar-refractivity contribution < 1.29 is 9.15 Å². The molecule has 0 bridgehead atoms. The standard InChI is InChI=1S/C14H11BrO3/c1-8-4-2-3-5-9(8)13-11(15)12-10(6-7-17-12)14(16)18-13/h2-5H,6-7H2,1H3. The van der Waals surface area contributed by atoms with E-state index in [1.54, 1.807) is 0 Å². The summed E-state index contributed by atoms with van der Waals surface area (Å²) < 4.78 is 11.7. The minimum Gasteiger partial charge on any atom is -0.491 e. The summed E-state index contributed by atoms with van der Waals surface area (Å²) in [5.41, 5.74) is 2.28. The first-order valence-corrected chi connectivity index (χ1v) is 6.52. The van der Waals surface area contributed by atoms with Crippen LogP contribution in [-0.4, -0.2) is 6.61 Å². The van der Waals surface area contributed by atoms with Crippen LogP contribution in [0, 0.1) is 6.92 Å². The van der Waals surface area contributed by atoms with Crippen LogP contribution < -0.4 is 10.4 Å². The van der Waals surface area contributed by atoms with Crippen LogP contribution in [0.15, 0.2) is 37.9 Å². The maximum atomic E-state index is 11.9. The second-order valence-electron chi connectivity index (χ2n) is 4.25. The van der Waals surface area contributed by atoms with Gasteiger partial charge in [0, 0.05) is 12.0 Å². The summed E-state index contributed by atoms with van der Waals surface area (Å²) >= 11 is 3.48. The monoisotopic (exact) mass is 306 g/mol. The van der Waals surface area contributed by atoms with Crippen LogP contribution in [-0.2, 0) is 6.42 Å². The Bertz CT molecular complexity index is 673. The molecule has 1 aliphatic rings. The summed E-state index contributed by atoms with van der Waals surface area (Å²) in [7, 11) is 0. The van der Waals surface area contributed by atoms with Gasteiger partial charge >= 0.3 is 5.63 Å². The number of benzene rings is 1. The van der Waals surface area contributed by atoms with Crippen molar-refractivity contribution in [3.63, 3.8) is 0 Å². The highest BCUT2D eigenvalue weighted by molar-refractivity contribution is 9.10. The molecule has 0 fully saturated rings. The average Bonchev–Trinajstić information content (AvgIpc) is 2.85. The first kappa shape index (κ1) is 11.5. The molecule has 3 nitrogen and oxygen atoms in total.